The van der Waals surface area contributed by atoms with Gasteiger partial charge in [0.15, 0.2) is 0 Å². The van der Waals surface area contributed by atoms with Crippen molar-refractivity contribution in [1.82, 2.24) is 0 Å². The van der Waals surface area contributed by atoms with Crippen molar-refractivity contribution >= 4 is 0 Å². The van der Waals surface area contributed by atoms with Gasteiger partial charge in [-0.25, -0.2) is 11.0 Å². The average Bonchev–Trinajstić information content (AvgIpc) is 2.07. The maximum absolute atomic E-state index is 12.7. The zero-order valence-electron chi connectivity index (χ0n) is 6.97. The number of hydrogen-bond acceptors (Lipinski definition) is 0. The number of halogens is 1. The van der Waals surface area contributed by atoms with Crippen LogP contribution in [0.2, 0.25) is 0 Å². The van der Waals surface area contributed by atoms with Crippen molar-refractivity contribution in [3.63, 3.8) is 0 Å². The lowest BCUT2D eigenvalue weighted by Crippen LogP contribution is -1.92. The first-order valence-electron chi connectivity index (χ1n) is 3.82. The molecule has 1 aromatic carbocycles. The molecule has 1 rings (SSSR count). The summed E-state index contributed by atoms with van der Waals surface area (Å²) < 4.78 is 12.7. The molecular weight excluding hydrogens is 153 g/mol. The summed E-state index contributed by atoms with van der Waals surface area (Å²) in [7, 11) is 0. The molecule has 0 aliphatic heterocycles. The van der Waals surface area contributed by atoms with E-state index in [1.807, 2.05) is 6.92 Å². The van der Waals surface area contributed by atoms with Crippen molar-refractivity contribution < 1.29 is 4.39 Å². The number of nitrogens with zero attached hydrogens (tertiary/aromatic N) is 1. The summed E-state index contributed by atoms with van der Waals surface area (Å²) in [5, 5.41) is 0. The predicted octanol–water partition coefficient (Wildman–Crippen LogP) is 2.60. The van der Waals surface area contributed by atoms with Crippen LogP contribution < -0.4 is 0 Å². The molecule has 1 aromatic rings. The molecule has 0 fully saturated rings. The lowest BCUT2D eigenvalue weighted by atomic mass is 10.1. The van der Waals surface area contributed by atoms with Gasteiger partial charge >= 0.3 is 0 Å². The van der Waals surface area contributed by atoms with E-state index >= 15 is 0 Å². The second-order valence-electron chi connectivity index (χ2n) is 2.70. The number of benzene rings is 1. The molecule has 0 N–H and O–H groups in total. The Balaban J connectivity index is 2.84. The van der Waals surface area contributed by atoms with Gasteiger partial charge in [-0.2, -0.15) is 0 Å². The van der Waals surface area contributed by atoms with E-state index in [1.165, 1.54) is 12.1 Å². The maximum Gasteiger partial charge on any atom is 0.218 e. The van der Waals surface area contributed by atoms with Crippen molar-refractivity contribution in [3.8, 4) is 0 Å². The highest BCUT2D eigenvalue weighted by atomic mass is 19.1. The van der Waals surface area contributed by atoms with Crippen LogP contribution >= 0.6 is 0 Å². The molecule has 1 nitrogen and oxygen atoms in total. The fraction of sp³-hybridized carbons (Fsp3) is 0.300. The number of rotatable bonds is 2. The summed E-state index contributed by atoms with van der Waals surface area (Å²) in [6.07, 6.45) is 0.646. The van der Waals surface area contributed by atoms with Gasteiger partial charge in [-0.05, 0) is 30.2 Å². The van der Waals surface area contributed by atoms with E-state index < -0.39 is 0 Å². The summed E-state index contributed by atoms with van der Waals surface area (Å²) in [5.74, 6) is -0.222. The van der Waals surface area contributed by atoms with Crippen LogP contribution in [0, 0.1) is 19.3 Å². The summed E-state index contributed by atoms with van der Waals surface area (Å²) in [4.78, 5) is 3.23. The van der Waals surface area contributed by atoms with E-state index in [4.69, 9.17) is 6.57 Å². The fourth-order valence-electron chi connectivity index (χ4n) is 1.09. The molecule has 0 aromatic heterocycles. The highest BCUT2D eigenvalue weighted by molar-refractivity contribution is 5.26. The van der Waals surface area contributed by atoms with Crippen molar-refractivity contribution in [2.24, 2.45) is 0 Å². The van der Waals surface area contributed by atoms with Crippen LogP contribution in [0.3, 0.4) is 0 Å². The Morgan fingerprint density at radius 2 is 2.25 bits per heavy atom. The van der Waals surface area contributed by atoms with Crippen LogP contribution in [0.15, 0.2) is 18.2 Å². The Labute approximate surface area is 71.7 Å². The van der Waals surface area contributed by atoms with Gasteiger partial charge in [0, 0.05) is 6.42 Å². The van der Waals surface area contributed by atoms with E-state index in [2.05, 4.69) is 4.85 Å². The maximum atomic E-state index is 12.7. The molecule has 0 radical (unpaired) electrons. The first kappa shape index (κ1) is 8.73. The highest BCUT2D eigenvalue weighted by Crippen LogP contribution is 2.10. The van der Waals surface area contributed by atoms with E-state index in [0.29, 0.717) is 13.0 Å². The van der Waals surface area contributed by atoms with Gasteiger partial charge in [0.1, 0.15) is 5.82 Å². The Kier molecular flexibility index (Phi) is 2.82. The minimum atomic E-state index is -0.222. The van der Waals surface area contributed by atoms with Crippen molar-refractivity contribution in [2.75, 3.05) is 6.54 Å². The number of hydrogen-bond donors (Lipinski definition) is 0. The molecule has 0 unspecified atom stereocenters. The van der Waals surface area contributed by atoms with Gasteiger partial charge in [0.25, 0.3) is 0 Å². The molecule has 0 amide bonds. The molecule has 2 heteroatoms. The summed E-state index contributed by atoms with van der Waals surface area (Å²) in [6.45, 7) is 8.97. The number of aryl methyl sites for hydroxylation is 1. The molecule has 0 bridgehead atoms. The van der Waals surface area contributed by atoms with E-state index in [-0.39, 0.29) is 5.82 Å². The molecule has 0 atom stereocenters. The molecule has 0 aliphatic rings. The van der Waals surface area contributed by atoms with Crippen LogP contribution in [-0.2, 0) is 6.42 Å². The SMILES string of the molecule is [C-]#[N+]CCc1cc(F)ccc1C. The third-order valence-corrected chi connectivity index (χ3v) is 1.80. The lowest BCUT2D eigenvalue weighted by molar-refractivity contribution is 0.625. The third kappa shape index (κ3) is 2.06. The van der Waals surface area contributed by atoms with Crippen molar-refractivity contribution in [1.29, 1.82) is 0 Å². The molecule has 12 heavy (non-hydrogen) atoms. The minimum Gasteiger partial charge on any atom is -0.317 e. The van der Waals surface area contributed by atoms with Crippen molar-refractivity contribution in [3.05, 3.63) is 46.6 Å². The van der Waals surface area contributed by atoms with E-state index in [0.717, 1.165) is 11.1 Å². The monoisotopic (exact) mass is 163 g/mol. The molecule has 0 spiro atoms. The second kappa shape index (κ2) is 3.87. The van der Waals surface area contributed by atoms with Gasteiger partial charge in [-0.3, -0.25) is 0 Å². The summed E-state index contributed by atoms with van der Waals surface area (Å²) >= 11 is 0. The zero-order chi connectivity index (χ0) is 8.97. The van der Waals surface area contributed by atoms with Crippen LogP contribution in [0.1, 0.15) is 11.1 Å². The van der Waals surface area contributed by atoms with Gasteiger partial charge < -0.3 is 4.85 Å². The summed E-state index contributed by atoms with van der Waals surface area (Å²) in [5.41, 5.74) is 1.99. The fourth-order valence-corrected chi connectivity index (χ4v) is 1.09. The lowest BCUT2D eigenvalue weighted by Gasteiger charge is -2.00. The first-order valence-corrected chi connectivity index (χ1v) is 3.82. The largest absolute Gasteiger partial charge is 0.317 e. The van der Waals surface area contributed by atoms with E-state index in [9.17, 15) is 4.39 Å². The Hall–Kier alpha value is -1.36. The average molecular weight is 163 g/mol. The van der Waals surface area contributed by atoms with Crippen LogP contribution in [0.5, 0.6) is 0 Å². The topological polar surface area (TPSA) is 4.36 Å². The summed E-state index contributed by atoms with van der Waals surface area (Å²) in [6, 6.07) is 4.69. The molecule has 0 heterocycles. The van der Waals surface area contributed by atoms with Gasteiger partial charge in [-0.1, -0.05) is 6.07 Å². The Morgan fingerprint density at radius 1 is 1.50 bits per heavy atom. The van der Waals surface area contributed by atoms with Crippen molar-refractivity contribution in [2.45, 2.75) is 13.3 Å². The Morgan fingerprint density at radius 3 is 2.92 bits per heavy atom. The quantitative estimate of drug-likeness (QED) is 0.590. The van der Waals surface area contributed by atoms with Crippen LogP contribution in [0.4, 0.5) is 4.39 Å². The molecular formula is C10H10FN. The normalized spacial score (nSPS) is 9.42. The standard InChI is InChI=1S/C10H10FN/c1-8-3-4-10(11)7-9(8)5-6-12-2/h3-4,7H,5-6H2,1H3. The zero-order valence-corrected chi connectivity index (χ0v) is 6.97. The Bertz CT molecular complexity index is 312. The van der Waals surface area contributed by atoms with Crippen LogP contribution in [-0.4, -0.2) is 6.54 Å². The molecule has 62 valence electrons. The van der Waals surface area contributed by atoms with Gasteiger partial charge in [0.05, 0.1) is 0 Å². The first-order chi connectivity index (χ1) is 5.74. The smallest absolute Gasteiger partial charge is 0.218 e. The van der Waals surface area contributed by atoms with Gasteiger partial charge in [0.2, 0.25) is 6.54 Å². The second-order valence-corrected chi connectivity index (χ2v) is 2.70. The van der Waals surface area contributed by atoms with Gasteiger partial charge in [-0.15, -0.1) is 0 Å². The minimum absolute atomic E-state index is 0.222. The molecule has 0 aliphatic carbocycles. The third-order valence-electron chi connectivity index (χ3n) is 1.80. The molecule has 0 saturated heterocycles. The predicted molar refractivity (Wildman–Crippen MR) is 46.3 cm³/mol. The molecule has 0 saturated carbocycles. The highest BCUT2D eigenvalue weighted by Gasteiger charge is 2.00. The van der Waals surface area contributed by atoms with E-state index in [1.54, 1.807) is 6.07 Å². The van der Waals surface area contributed by atoms with Crippen LogP contribution in [0.25, 0.3) is 4.85 Å².